The van der Waals surface area contributed by atoms with Gasteiger partial charge in [-0.25, -0.2) is 0 Å². The molecule has 1 amide bonds. The van der Waals surface area contributed by atoms with Crippen LogP contribution < -0.4 is 5.32 Å². The van der Waals surface area contributed by atoms with Crippen LogP contribution in [0, 0.1) is 0 Å². The molecule has 1 aliphatic heterocycles. The van der Waals surface area contributed by atoms with Crippen molar-refractivity contribution in [2.45, 2.75) is 19.5 Å². The minimum absolute atomic E-state index is 0.102. The quantitative estimate of drug-likeness (QED) is 0.846. The highest BCUT2D eigenvalue weighted by Gasteiger charge is 2.32. The van der Waals surface area contributed by atoms with Crippen molar-refractivity contribution in [3.05, 3.63) is 47.7 Å². The lowest BCUT2D eigenvalue weighted by atomic mass is 10.1. The predicted molar refractivity (Wildman–Crippen MR) is 99.2 cm³/mol. The van der Waals surface area contributed by atoms with Gasteiger partial charge in [-0.2, -0.15) is 13.2 Å². The van der Waals surface area contributed by atoms with Gasteiger partial charge < -0.3 is 15.1 Å². The van der Waals surface area contributed by atoms with Crippen molar-refractivity contribution in [1.82, 2.24) is 20.0 Å². The van der Waals surface area contributed by atoms with Gasteiger partial charge in [0.05, 0.1) is 6.42 Å². The number of rotatable bonds is 5. The Morgan fingerprint density at radius 2 is 1.71 bits per heavy atom. The molecular formula is C19H22F3N5O. The third kappa shape index (κ3) is 5.19. The van der Waals surface area contributed by atoms with E-state index in [1.54, 1.807) is 12.1 Å². The standard InChI is InChI=1S/C19H22F3N5O/c1-2-26-9-11-27(12-10-26)18(28)13-14-3-5-15(6-4-14)23-17-8-7-16(24-25-17)19(20,21)22/h3-8H,2,9-13H2,1H3,(H,23,25). The van der Waals surface area contributed by atoms with Gasteiger partial charge in [-0.1, -0.05) is 19.1 Å². The summed E-state index contributed by atoms with van der Waals surface area (Å²) in [5.74, 6) is 0.315. The van der Waals surface area contributed by atoms with Gasteiger partial charge >= 0.3 is 6.18 Å². The summed E-state index contributed by atoms with van der Waals surface area (Å²) < 4.78 is 37.5. The molecular weight excluding hydrogens is 371 g/mol. The van der Waals surface area contributed by atoms with Crippen LogP contribution in [0.2, 0.25) is 0 Å². The average molecular weight is 393 g/mol. The first-order chi connectivity index (χ1) is 13.3. The summed E-state index contributed by atoms with van der Waals surface area (Å²) in [4.78, 5) is 16.6. The van der Waals surface area contributed by atoms with E-state index in [9.17, 15) is 18.0 Å². The van der Waals surface area contributed by atoms with Crippen LogP contribution in [0.3, 0.4) is 0 Å². The zero-order chi connectivity index (χ0) is 20.1. The Bertz CT molecular complexity index is 785. The first kappa shape index (κ1) is 20.1. The highest BCUT2D eigenvalue weighted by molar-refractivity contribution is 5.79. The largest absolute Gasteiger partial charge is 0.435 e. The lowest BCUT2D eigenvalue weighted by Crippen LogP contribution is -2.48. The Hall–Kier alpha value is -2.68. The summed E-state index contributed by atoms with van der Waals surface area (Å²) >= 11 is 0. The molecule has 6 nitrogen and oxygen atoms in total. The number of carbonyl (C=O) groups is 1. The van der Waals surface area contributed by atoms with E-state index in [0.29, 0.717) is 12.1 Å². The monoisotopic (exact) mass is 393 g/mol. The maximum absolute atomic E-state index is 12.5. The molecule has 9 heteroatoms. The minimum Gasteiger partial charge on any atom is -0.340 e. The van der Waals surface area contributed by atoms with Crippen molar-refractivity contribution >= 4 is 17.4 Å². The number of aromatic nitrogens is 2. The van der Waals surface area contributed by atoms with Gasteiger partial charge in [0.2, 0.25) is 5.91 Å². The molecule has 3 rings (SSSR count). The molecule has 0 spiro atoms. The van der Waals surface area contributed by atoms with Crippen LogP contribution in [-0.4, -0.2) is 58.6 Å². The molecule has 0 atom stereocenters. The Balaban J connectivity index is 1.54. The highest BCUT2D eigenvalue weighted by atomic mass is 19.4. The summed E-state index contributed by atoms with van der Waals surface area (Å²) in [6.45, 7) is 6.42. The molecule has 1 aromatic heterocycles. The first-order valence-electron chi connectivity index (χ1n) is 9.12. The fraction of sp³-hybridized carbons (Fsp3) is 0.421. The van der Waals surface area contributed by atoms with Crippen LogP contribution >= 0.6 is 0 Å². The lowest BCUT2D eigenvalue weighted by Gasteiger charge is -2.34. The van der Waals surface area contributed by atoms with Crippen molar-refractivity contribution < 1.29 is 18.0 Å². The normalized spacial score (nSPS) is 15.5. The molecule has 0 aliphatic carbocycles. The second-order valence-electron chi connectivity index (χ2n) is 6.62. The van der Waals surface area contributed by atoms with Crippen LogP contribution in [0.25, 0.3) is 0 Å². The van der Waals surface area contributed by atoms with Crippen molar-refractivity contribution in [2.75, 3.05) is 38.0 Å². The van der Waals surface area contributed by atoms with Gasteiger partial charge in [-0.3, -0.25) is 4.79 Å². The Kier molecular flexibility index (Phi) is 6.13. The number of nitrogens with zero attached hydrogens (tertiary/aromatic N) is 4. The number of benzene rings is 1. The maximum Gasteiger partial charge on any atom is 0.435 e. The van der Waals surface area contributed by atoms with E-state index in [1.165, 1.54) is 6.07 Å². The molecule has 150 valence electrons. The minimum atomic E-state index is -4.51. The van der Waals surface area contributed by atoms with E-state index < -0.39 is 11.9 Å². The van der Waals surface area contributed by atoms with Crippen LogP contribution in [0.1, 0.15) is 18.2 Å². The molecule has 0 saturated carbocycles. The van der Waals surface area contributed by atoms with E-state index in [1.807, 2.05) is 17.0 Å². The van der Waals surface area contributed by atoms with Crippen molar-refractivity contribution in [1.29, 1.82) is 0 Å². The van der Waals surface area contributed by atoms with E-state index in [0.717, 1.165) is 44.4 Å². The lowest BCUT2D eigenvalue weighted by molar-refractivity contribution is -0.141. The molecule has 1 aliphatic rings. The second-order valence-corrected chi connectivity index (χ2v) is 6.62. The van der Waals surface area contributed by atoms with Gasteiger partial charge in [0, 0.05) is 31.9 Å². The van der Waals surface area contributed by atoms with E-state index in [2.05, 4.69) is 27.3 Å². The number of hydrogen-bond acceptors (Lipinski definition) is 5. The van der Waals surface area contributed by atoms with Gasteiger partial charge in [-0.05, 0) is 36.4 Å². The molecule has 0 bridgehead atoms. The van der Waals surface area contributed by atoms with Crippen LogP contribution in [-0.2, 0) is 17.4 Å². The molecule has 1 N–H and O–H groups in total. The summed E-state index contributed by atoms with van der Waals surface area (Å²) in [5.41, 5.74) is 0.500. The molecule has 1 saturated heterocycles. The zero-order valence-corrected chi connectivity index (χ0v) is 15.5. The number of likely N-dealkylation sites (N-methyl/N-ethyl adjacent to an activating group) is 1. The van der Waals surface area contributed by atoms with Crippen LogP contribution in [0.15, 0.2) is 36.4 Å². The number of piperazine rings is 1. The fourth-order valence-electron chi connectivity index (χ4n) is 3.00. The summed E-state index contributed by atoms with van der Waals surface area (Å²) in [7, 11) is 0. The third-order valence-corrected chi connectivity index (χ3v) is 4.71. The number of halogens is 3. The average Bonchev–Trinajstić information content (AvgIpc) is 2.69. The van der Waals surface area contributed by atoms with Crippen molar-refractivity contribution in [2.24, 2.45) is 0 Å². The smallest absolute Gasteiger partial charge is 0.340 e. The van der Waals surface area contributed by atoms with E-state index in [4.69, 9.17) is 0 Å². The van der Waals surface area contributed by atoms with Gasteiger partial charge in [0.25, 0.3) is 0 Å². The number of nitrogens with one attached hydrogen (secondary N) is 1. The number of alkyl halides is 3. The first-order valence-corrected chi connectivity index (χ1v) is 9.12. The van der Waals surface area contributed by atoms with Crippen LogP contribution in [0.5, 0.6) is 0 Å². The summed E-state index contributed by atoms with van der Waals surface area (Å²) in [6.07, 6.45) is -4.19. The Labute approximate surface area is 161 Å². The zero-order valence-electron chi connectivity index (χ0n) is 15.5. The molecule has 2 heterocycles. The number of hydrogen-bond donors (Lipinski definition) is 1. The number of carbonyl (C=O) groups excluding carboxylic acids is 1. The van der Waals surface area contributed by atoms with Gasteiger partial charge in [0.1, 0.15) is 0 Å². The van der Waals surface area contributed by atoms with Crippen LogP contribution in [0.4, 0.5) is 24.7 Å². The summed E-state index contributed by atoms with van der Waals surface area (Å²) in [6, 6.07) is 9.26. The fourth-order valence-corrected chi connectivity index (χ4v) is 3.00. The molecule has 1 fully saturated rings. The Morgan fingerprint density at radius 3 is 2.25 bits per heavy atom. The number of anilines is 2. The SMILES string of the molecule is CCN1CCN(C(=O)Cc2ccc(Nc3ccc(C(F)(F)F)nn3)cc2)CC1. The highest BCUT2D eigenvalue weighted by Crippen LogP contribution is 2.27. The topological polar surface area (TPSA) is 61.4 Å². The van der Waals surface area contributed by atoms with Gasteiger partial charge in [0.15, 0.2) is 11.5 Å². The Morgan fingerprint density at radius 1 is 1.04 bits per heavy atom. The molecule has 0 radical (unpaired) electrons. The molecule has 1 aromatic carbocycles. The maximum atomic E-state index is 12.5. The molecule has 28 heavy (non-hydrogen) atoms. The van der Waals surface area contributed by atoms with E-state index in [-0.39, 0.29) is 11.7 Å². The predicted octanol–water partition coefficient (Wildman–Crippen LogP) is 2.95. The number of amides is 1. The van der Waals surface area contributed by atoms with Gasteiger partial charge in [-0.15, -0.1) is 10.2 Å². The second kappa shape index (κ2) is 8.55. The van der Waals surface area contributed by atoms with E-state index >= 15 is 0 Å². The summed E-state index contributed by atoms with van der Waals surface area (Å²) in [5, 5.41) is 9.61. The van der Waals surface area contributed by atoms with Crippen molar-refractivity contribution in [3.8, 4) is 0 Å². The molecule has 0 unspecified atom stereocenters. The molecule has 2 aromatic rings. The third-order valence-electron chi connectivity index (χ3n) is 4.71. The van der Waals surface area contributed by atoms with Crippen molar-refractivity contribution in [3.63, 3.8) is 0 Å².